The molecule has 0 aliphatic rings. The molecule has 3 N–H and O–H groups in total. The second-order valence-corrected chi connectivity index (χ2v) is 4.58. The van der Waals surface area contributed by atoms with Gasteiger partial charge in [0.25, 0.3) is 0 Å². The minimum atomic E-state index is -0.443. The zero-order valence-electron chi connectivity index (χ0n) is 9.50. The number of rotatable bonds is 5. The maximum Gasteiger partial charge on any atom is 0.344 e. The molecule has 0 saturated carbocycles. The van der Waals surface area contributed by atoms with Crippen molar-refractivity contribution in [1.29, 1.82) is 0 Å². The maximum atomic E-state index is 11.6. The molecule has 1 aromatic carbocycles. The molecule has 0 saturated heterocycles. The Morgan fingerprint density at radius 2 is 2.11 bits per heavy atom. The Kier molecular flexibility index (Phi) is 3.83. The Morgan fingerprint density at radius 1 is 1.39 bits per heavy atom. The van der Waals surface area contributed by atoms with E-state index in [4.69, 9.17) is 5.73 Å². The summed E-state index contributed by atoms with van der Waals surface area (Å²) in [4.78, 5) is 22.3. The first kappa shape index (κ1) is 12.4. The highest BCUT2D eigenvalue weighted by Crippen LogP contribution is 2.13. The third kappa shape index (κ3) is 3.01. The molecule has 0 unspecified atom stereocenters. The van der Waals surface area contributed by atoms with Crippen molar-refractivity contribution in [3.8, 4) is 0 Å². The number of hydrogen-bond donors (Lipinski definition) is 2. The van der Waals surface area contributed by atoms with Gasteiger partial charge in [0, 0.05) is 0 Å². The first-order valence-electron chi connectivity index (χ1n) is 5.27. The second kappa shape index (κ2) is 5.54. The van der Waals surface area contributed by atoms with E-state index in [1.807, 2.05) is 30.3 Å². The van der Waals surface area contributed by atoms with Gasteiger partial charge in [-0.2, -0.15) is 0 Å². The first-order valence-corrected chi connectivity index (χ1v) is 6.25. The summed E-state index contributed by atoms with van der Waals surface area (Å²) < 4.78 is 1.48. The van der Waals surface area contributed by atoms with E-state index in [2.05, 4.69) is 10.2 Å². The van der Waals surface area contributed by atoms with Crippen molar-refractivity contribution in [1.82, 2.24) is 14.8 Å². The molecule has 0 aliphatic heterocycles. The molecule has 6 nitrogen and oxygen atoms in total. The van der Waals surface area contributed by atoms with Crippen molar-refractivity contribution in [2.45, 2.75) is 11.7 Å². The lowest BCUT2D eigenvalue weighted by molar-refractivity contribution is -0.115. The van der Waals surface area contributed by atoms with Gasteiger partial charge < -0.3 is 5.73 Å². The smallest absolute Gasteiger partial charge is 0.344 e. The number of carbonyl (C=O) groups excluding carboxylic acids is 1. The lowest BCUT2D eigenvalue weighted by Crippen LogP contribution is -2.19. The highest BCUT2D eigenvalue weighted by atomic mass is 32.2. The fourth-order valence-corrected chi connectivity index (χ4v) is 2.14. The third-order valence-corrected chi connectivity index (χ3v) is 3.25. The van der Waals surface area contributed by atoms with E-state index in [1.165, 1.54) is 4.57 Å². The number of nitrogens with two attached hydrogens (primary N) is 1. The molecule has 0 spiro atoms. The van der Waals surface area contributed by atoms with Crippen molar-refractivity contribution < 1.29 is 4.79 Å². The van der Waals surface area contributed by atoms with Gasteiger partial charge in [-0.25, -0.2) is 9.89 Å². The van der Waals surface area contributed by atoms with E-state index in [-0.39, 0.29) is 11.4 Å². The van der Waals surface area contributed by atoms with Gasteiger partial charge in [-0.3, -0.25) is 9.36 Å². The van der Waals surface area contributed by atoms with E-state index >= 15 is 0 Å². The van der Waals surface area contributed by atoms with Gasteiger partial charge in [-0.05, 0) is 5.56 Å². The fourth-order valence-electron chi connectivity index (χ4n) is 1.45. The number of thioether (sulfide) groups is 1. The molecular weight excluding hydrogens is 252 g/mol. The van der Waals surface area contributed by atoms with Gasteiger partial charge in [0.2, 0.25) is 5.91 Å². The summed E-state index contributed by atoms with van der Waals surface area (Å²) in [5.74, 6) is -0.347. The van der Waals surface area contributed by atoms with Crippen molar-refractivity contribution in [3.63, 3.8) is 0 Å². The maximum absolute atomic E-state index is 11.6. The fraction of sp³-hybridized carbons (Fsp3) is 0.182. The topological polar surface area (TPSA) is 93.8 Å². The van der Waals surface area contributed by atoms with Crippen LogP contribution >= 0.6 is 11.8 Å². The van der Waals surface area contributed by atoms with Gasteiger partial charge in [-0.15, -0.1) is 5.10 Å². The molecule has 1 aromatic heterocycles. The van der Waals surface area contributed by atoms with Crippen LogP contribution in [0.4, 0.5) is 0 Å². The molecule has 0 aliphatic carbocycles. The second-order valence-electron chi connectivity index (χ2n) is 3.64. The summed E-state index contributed by atoms with van der Waals surface area (Å²) in [7, 11) is 0. The molecule has 0 bridgehead atoms. The molecule has 2 aromatic rings. The van der Waals surface area contributed by atoms with E-state index in [1.54, 1.807) is 0 Å². The van der Waals surface area contributed by atoms with Crippen LogP contribution in [-0.4, -0.2) is 26.4 Å². The van der Waals surface area contributed by atoms with Crippen LogP contribution in [0.5, 0.6) is 0 Å². The number of aromatic nitrogens is 3. The number of benzene rings is 1. The molecular formula is C11H12N4O2S. The van der Waals surface area contributed by atoms with Crippen LogP contribution in [0.1, 0.15) is 5.56 Å². The van der Waals surface area contributed by atoms with Crippen LogP contribution in [0.2, 0.25) is 0 Å². The molecule has 18 heavy (non-hydrogen) atoms. The van der Waals surface area contributed by atoms with Gasteiger partial charge in [0.15, 0.2) is 5.16 Å². The SMILES string of the molecule is NC(=O)CSc1n[nH]c(=O)n1Cc1ccccc1. The number of amides is 1. The Hall–Kier alpha value is -2.02. The molecule has 0 radical (unpaired) electrons. The predicted molar refractivity (Wildman–Crippen MR) is 68.3 cm³/mol. The summed E-state index contributed by atoms with van der Waals surface area (Å²) in [6.07, 6.45) is 0. The average Bonchev–Trinajstić information content (AvgIpc) is 2.70. The molecule has 7 heteroatoms. The average molecular weight is 264 g/mol. The zero-order chi connectivity index (χ0) is 13.0. The summed E-state index contributed by atoms with van der Waals surface area (Å²) in [5.41, 5.74) is 5.75. The summed E-state index contributed by atoms with van der Waals surface area (Å²) in [5, 5.41) is 6.69. The van der Waals surface area contributed by atoms with E-state index in [0.29, 0.717) is 11.7 Å². The number of hydrogen-bond acceptors (Lipinski definition) is 4. The number of aromatic amines is 1. The summed E-state index contributed by atoms with van der Waals surface area (Å²) >= 11 is 1.14. The predicted octanol–water partition coefficient (Wildman–Crippen LogP) is 0.197. The van der Waals surface area contributed by atoms with Crippen LogP contribution in [0.3, 0.4) is 0 Å². The minimum absolute atomic E-state index is 0.0963. The number of H-pyrrole nitrogens is 1. The lowest BCUT2D eigenvalue weighted by atomic mass is 10.2. The Labute approximate surface area is 107 Å². The Bertz CT molecular complexity index is 591. The number of nitrogens with one attached hydrogen (secondary N) is 1. The standard InChI is InChI=1S/C11H12N4O2S/c12-9(16)7-18-11-14-13-10(17)15(11)6-8-4-2-1-3-5-8/h1-5H,6-7H2,(H2,12,16)(H,13,17). The first-order chi connectivity index (χ1) is 8.66. The molecule has 0 fully saturated rings. The van der Waals surface area contributed by atoms with Crippen LogP contribution in [0, 0.1) is 0 Å². The van der Waals surface area contributed by atoms with Gasteiger partial charge in [-0.1, -0.05) is 42.1 Å². The molecule has 1 amide bonds. The van der Waals surface area contributed by atoms with Gasteiger partial charge in [0.05, 0.1) is 12.3 Å². The highest BCUT2D eigenvalue weighted by molar-refractivity contribution is 7.99. The van der Waals surface area contributed by atoms with Crippen LogP contribution < -0.4 is 11.4 Å². The highest BCUT2D eigenvalue weighted by Gasteiger charge is 2.10. The minimum Gasteiger partial charge on any atom is -0.369 e. The number of nitrogens with zero attached hydrogens (tertiary/aromatic N) is 2. The van der Waals surface area contributed by atoms with Crippen LogP contribution in [0.25, 0.3) is 0 Å². The van der Waals surface area contributed by atoms with Crippen molar-refractivity contribution in [2.24, 2.45) is 5.73 Å². The quantitative estimate of drug-likeness (QED) is 0.754. The Morgan fingerprint density at radius 3 is 2.78 bits per heavy atom. The molecule has 94 valence electrons. The summed E-state index contributed by atoms with van der Waals surface area (Å²) in [6, 6.07) is 9.54. The molecule has 1 heterocycles. The Balaban J connectivity index is 2.19. The zero-order valence-corrected chi connectivity index (χ0v) is 10.3. The normalized spacial score (nSPS) is 10.4. The van der Waals surface area contributed by atoms with E-state index in [0.717, 1.165) is 17.3 Å². The van der Waals surface area contributed by atoms with Crippen molar-refractivity contribution in [3.05, 3.63) is 46.4 Å². The summed E-state index contributed by atoms with van der Waals surface area (Å²) in [6.45, 7) is 0.414. The monoisotopic (exact) mass is 264 g/mol. The molecule has 2 rings (SSSR count). The van der Waals surface area contributed by atoms with Crippen LogP contribution in [-0.2, 0) is 11.3 Å². The lowest BCUT2D eigenvalue weighted by Gasteiger charge is -2.04. The van der Waals surface area contributed by atoms with Crippen molar-refractivity contribution >= 4 is 17.7 Å². The van der Waals surface area contributed by atoms with Crippen molar-refractivity contribution in [2.75, 3.05) is 5.75 Å². The third-order valence-electron chi connectivity index (χ3n) is 2.25. The van der Waals surface area contributed by atoms with Gasteiger partial charge in [0.1, 0.15) is 0 Å². The number of primary amides is 1. The van der Waals surface area contributed by atoms with Gasteiger partial charge >= 0.3 is 5.69 Å². The molecule has 0 atom stereocenters. The van der Waals surface area contributed by atoms with E-state index < -0.39 is 5.91 Å². The number of carbonyl (C=O) groups is 1. The van der Waals surface area contributed by atoms with E-state index in [9.17, 15) is 9.59 Å². The largest absolute Gasteiger partial charge is 0.369 e. The van der Waals surface area contributed by atoms with Crippen LogP contribution in [0.15, 0.2) is 40.3 Å².